The van der Waals surface area contributed by atoms with Gasteiger partial charge in [0.25, 0.3) is 0 Å². The van der Waals surface area contributed by atoms with Gasteiger partial charge in [-0.25, -0.2) is 14.2 Å². The van der Waals surface area contributed by atoms with Crippen LogP contribution in [-0.2, 0) is 45.6 Å². The van der Waals surface area contributed by atoms with Crippen LogP contribution in [0.4, 0.5) is 9.59 Å². The van der Waals surface area contributed by atoms with Crippen molar-refractivity contribution in [2.45, 2.75) is 163 Å². The van der Waals surface area contributed by atoms with Gasteiger partial charge in [0.05, 0.1) is 24.4 Å². The maximum Gasteiger partial charge on any atom is 0.531 e. The van der Waals surface area contributed by atoms with Gasteiger partial charge in [-0.3, -0.25) is 9.05 Å². The zero-order chi connectivity index (χ0) is 42.2. The van der Waals surface area contributed by atoms with E-state index in [-0.39, 0.29) is 17.9 Å². The number of amides is 1. The zero-order valence-electron chi connectivity index (χ0n) is 36.1. The molecular formula is C43H70NO11P. The van der Waals surface area contributed by atoms with E-state index < -0.39 is 55.2 Å². The van der Waals surface area contributed by atoms with Gasteiger partial charge in [-0.05, 0) is 138 Å². The van der Waals surface area contributed by atoms with E-state index in [9.17, 15) is 19.3 Å². The number of aliphatic hydroxyl groups is 1. The van der Waals surface area contributed by atoms with Gasteiger partial charge in [0.2, 0.25) is 0 Å². The molecule has 0 aromatic heterocycles. The molecule has 0 radical (unpaired) electrons. The van der Waals surface area contributed by atoms with E-state index in [1.165, 1.54) is 16.5 Å². The number of aryl methyl sites for hydroxylation is 1. The molecule has 2 rings (SSSR count). The molecule has 0 heterocycles. The zero-order valence-corrected chi connectivity index (χ0v) is 37.0. The van der Waals surface area contributed by atoms with E-state index in [0.29, 0.717) is 25.1 Å². The first-order valence-electron chi connectivity index (χ1n) is 19.8. The highest BCUT2D eigenvalue weighted by Gasteiger charge is 2.39. The highest BCUT2D eigenvalue weighted by molar-refractivity contribution is 7.49. The van der Waals surface area contributed by atoms with Gasteiger partial charge in [0.15, 0.2) is 0 Å². The number of phosphoric ester groups is 1. The summed E-state index contributed by atoms with van der Waals surface area (Å²) in [6.45, 7) is 22.1. The molecule has 2 aromatic rings. The first-order valence-corrected chi connectivity index (χ1v) is 21.3. The molecule has 12 nitrogen and oxygen atoms in total. The Kier molecular flexibility index (Phi) is 19.4. The first-order chi connectivity index (χ1) is 25.9. The largest absolute Gasteiger partial charge is 0.531 e. The van der Waals surface area contributed by atoms with Crippen molar-refractivity contribution < 1.29 is 51.8 Å². The Morgan fingerprint density at radius 1 is 0.714 bits per heavy atom. The topological polar surface area (TPSA) is 139 Å². The lowest BCUT2D eigenvalue weighted by Crippen LogP contribution is -2.40. The lowest BCUT2D eigenvalue weighted by Gasteiger charge is -2.32. The number of rotatable bonds is 21. The van der Waals surface area contributed by atoms with Gasteiger partial charge < -0.3 is 33.5 Å². The van der Waals surface area contributed by atoms with Crippen molar-refractivity contribution in [3.8, 4) is 5.75 Å². The second kappa shape index (κ2) is 22.1. The fourth-order valence-corrected chi connectivity index (χ4v) is 7.26. The Morgan fingerprint density at radius 3 is 1.84 bits per heavy atom. The average Bonchev–Trinajstić information content (AvgIpc) is 3.03. The first kappa shape index (κ1) is 49.0. The number of ether oxygens (including phenoxy) is 4. The normalized spacial score (nSPS) is 13.2. The highest BCUT2D eigenvalue weighted by atomic mass is 31.2. The molecule has 0 fully saturated rings. The number of carbonyl (C=O) groups is 2. The molecule has 1 N–H and O–H groups in total. The van der Waals surface area contributed by atoms with E-state index in [2.05, 4.69) is 24.3 Å². The molecule has 0 bridgehead atoms. The van der Waals surface area contributed by atoms with Crippen LogP contribution in [-0.4, -0.2) is 71.0 Å². The van der Waals surface area contributed by atoms with Gasteiger partial charge in [-0.15, -0.1) is 0 Å². The van der Waals surface area contributed by atoms with Crippen molar-refractivity contribution in [2.75, 3.05) is 26.3 Å². The summed E-state index contributed by atoms with van der Waals surface area (Å²) in [4.78, 5) is 28.2. The third-order valence-electron chi connectivity index (χ3n) is 7.59. The Morgan fingerprint density at radius 2 is 1.29 bits per heavy atom. The van der Waals surface area contributed by atoms with Crippen LogP contribution in [0.15, 0.2) is 48.5 Å². The molecule has 0 saturated carbocycles. The molecule has 1 atom stereocenters. The molecule has 0 aliphatic heterocycles. The standard InChI is InChI=1S/C43H70NO11P/c1-40(2,3)51-38(46)44(27-19-13-14-20-28-49-29-21-18-24-33-22-16-15-17-23-33)31-37(50-39(47)52-41(4,5)6)34-25-26-36(35(30-34)32-45)53-56(48,54-42(7,8)9)55-43(10,11)12/h15-17,22-23,25-26,30,37,45H,13-14,18-21,24,27-29,31-32H2,1-12H3. The highest BCUT2D eigenvalue weighted by Crippen LogP contribution is 2.55. The second-order valence-corrected chi connectivity index (χ2v) is 19.4. The molecular weight excluding hydrogens is 737 g/mol. The van der Waals surface area contributed by atoms with Gasteiger partial charge in [0.1, 0.15) is 23.1 Å². The molecule has 0 aliphatic rings. The van der Waals surface area contributed by atoms with E-state index in [4.69, 9.17) is 32.5 Å². The maximum atomic E-state index is 13.9. The number of hydrogen-bond acceptors (Lipinski definition) is 11. The summed E-state index contributed by atoms with van der Waals surface area (Å²) in [7, 11) is -4.20. The van der Waals surface area contributed by atoms with Crippen LogP contribution in [0.25, 0.3) is 0 Å². The number of carbonyl (C=O) groups excluding carboxylic acids is 2. The predicted molar refractivity (Wildman–Crippen MR) is 219 cm³/mol. The number of benzene rings is 2. The second-order valence-electron chi connectivity index (χ2n) is 17.9. The third-order valence-corrected chi connectivity index (χ3v) is 9.55. The Bertz CT molecular complexity index is 1500. The van der Waals surface area contributed by atoms with Crippen molar-refractivity contribution in [3.05, 3.63) is 65.2 Å². The van der Waals surface area contributed by atoms with Crippen LogP contribution in [0.5, 0.6) is 5.75 Å². The summed E-state index contributed by atoms with van der Waals surface area (Å²) in [6.07, 6.45) is 3.99. The van der Waals surface area contributed by atoms with Crippen molar-refractivity contribution in [2.24, 2.45) is 0 Å². The minimum Gasteiger partial charge on any atom is -0.444 e. The summed E-state index contributed by atoms with van der Waals surface area (Å²) >= 11 is 0. The van der Waals surface area contributed by atoms with Crippen LogP contribution in [0.2, 0.25) is 0 Å². The number of hydrogen-bond donors (Lipinski definition) is 1. The Hall–Kier alpha value is -3.15. The molecule has 13 heteroatoms. The SMILES string of the molecule is CC(C)(C)OC(=O)OC(CN(CCCCCCOCCCCc1ccccc1)C(=O)OC(C)(C)C)c1ccc(OP(=O)(OC(C)(C)C)OC(C)(C)C)c(CO)c1. The van der Waals surface area contributed by atoms with Gasteiger partial charge in [-0.1, -0.05) is 49.2 Å². The molecule has 0 spiro atoms. The summed E-state index contributed by atoms with van der Waals surface area (Å²) in [5.74, 6) is 0.0595. The summed E-state index contributed by atoms with van der Waals surface area (Å²) in [5.41, 5.74) is -1.36. The van der Waals surface area contributed by atoms with Gasteiger partial charge in [0, 0.05) is 25.3 Å². The van der Waals surface area contributed by atoms with E-state index in [1.807, 2.05) is 6.07 Å². The quantitative estimate of drug-likeness (QED) is 0.0732. The van der Waals surface area contributed by atoms with Crippen molar-refractivity contribution in [3.63, 3.8) is 0 Å². The monoisotopic (exact) mass is 807 g/mol. The van der Waals surface area contributed by atoms with E-state index in [1.54, 1.807) is 95.2 Å². The number of nitrogens with zero attached hydrogens (tertiary/aromatic N) is 1. The third kappa shape index (κ3) is 21.4. The van der Waals surface area contributed by atoms with Crippen LogP contribution >= 0.6 is 7.82 Å². The molecule has 0 aliphatic carbocycles. The molecule has 0 saturated heterocycles. The average molecular weight is 808 g/mol. The summed E-state index contributed by atoms with van der Waals surface area (Å²) < 4.78 is 54.3. The van der Waals surface area contributed by atoms with Crippen LogP contribution in [0.1, 0.15) is 144 Å². The fourth-order valence-electron chi connectivity index (χ4n) is 5.38. The van der Waals surface area contributed by atoms with Crippen molar-refractivity contribution in [1.29, 1.82) is 0 Å². The maximum absolute atomic E-state index is 13.9. The lowest BCUT2D eigenvalue weighted by atomic mass is 10.0. The molecule has 1 unspecified atom stereocenters. The van der Waals surface area contributed by atoms with Crippen LogP contribution in [0.3, 0.4) is 0 Å². The molecule has 56 heavy (non-hydrogen) atoms. The van der Waals surface area contributed by atoms with E-state index >= 15 is 0 Å². The Balaban J connectivity index is 2.21. The lowest BCUT2D eigenvalue weighted by molar-refractivity contribution is -0.0377. The molecule has 1 amide bonds. The minimum atomic E-state index is -4.20. The molecule has 318 valence electrons. The number of phosphoric acid groups is 1. The van der Waals surface area contributed by atoms with Crippen LogP contribution < -0.4 is 4.52 Å². The van der Waals surface area contributed by atoms with Gasteiger partial charge >= 0.3 is 20.1 Å². The fraction of sp³-hybridized carbons (Fsp3) is 0.674. The number of unbranched alkanes of at least 4 members (excludes halogenated alkanes) is 4. The summed E-state index contributed by atoms with van der Waals surface area (Å²) in [5, 5.41) is 10.4. The Labute approximate surface area is 336 Å². The molecule has 2 aromatic carbocycles. The smallest absolute Gasteiger partial charge is 0.444 e. The predicted octanol–water partition coefficient (Wildman–Crippen LogP) is 11.1. The van der Waals surface area contributed by atoms with Crippen molar-refractivity contribution in [1.82, 2.24) is 4.90 Å². The van der Waals surface area contributed by atoms with Crippen LogP contribution in [0, 0.1) is 0 Å². The summed E-state index contributed by atoms with van der Waals surface area (Å²) in [6, 6.07) is 15.1. The van der Waals surface area contributed by atoms with E-state index in [0.717, 1.165) is 45.1 Å². The van der Waals surface area contributed by atoms with Crippen molar-refractivity contribution >= 4 is 20.1 Å². The van der Waals surface area contributed by atoms with Gasteiger partial charge in [-0.2, -0.15) is 0 Å². The number of aliphatic hydroxyl groups excluding tert-OH is 1. The minimum absolute atomic E-state index is 0.0595.